The lowest BCUT2D eigenvalue weighted by molar-refractivity contribution is 0.126. The maximum absolute atomic E-state index is 5.98. The first-order valence-electron chi connectivity index (χ1n) is 8.39. The van der Waals surface area contributed by atoms with Gasteiger partial charge in [-0.1, -0.05) is 19.0 Å². The molecule has 3 rings (SSSR count). The van der Waals surface area contributed by atoms with Crippen molar-refractivity contribution in [2.75, 3.05) is 18.0 Å². The van der Waals surface area contributed by atoms with Crippen LogP contribution in [0.1, 0.15) is 45.4 Å². The maximum atomic E-state index is 5.98. The van der Waals surface area contributed by atoms with Crippen molar-refractivity contribution in [3.05, 3.63) is 28.6 Å². The van der Waals surface area contributed by atoms with Gasteiger partial charge < -0.3 is 14.2 Å². The van der Waals surface area contributed by atoms with Crippen molar-refractivity contribution >= 4 is 21.9 Å². The lowest BCUT2D eigenvalue weighted by Gasteiger charge is -2.33. The molecule has 0 bridgehead atoms. The number of hydrogen-bond donors (Lipinski definition) is 0. The minimum absolute atomic E-state index is 0.134. The third-order valence-corrected chi connectivity index (χ3v) is 4.90. The van der Waals surface area contributed by atoms with Crippen LogP contribution < -0.4 is 9.64 Å². The topological polar surface area (TPSA) is 64.3 Å². The van der Waals surface area contributed by atoms with Gasteiger partial charge in [0.15, 0.2) is 5.82 Å². The summed E-state index contributed by atoms with van der Waals surface area (Å²) in [6.45, 7) is 8.07. The highest BCUT2D eigenvalue weighted by molar-refractivity contribution is 9.10. The minimum atomic E-state index is 0.134. The number of pyridine rings is 1. The fourth-order valence-corrected chi connectivity index (χ4v) is 3.10. The van der Waals surface area contributed by atoms with Crippen LogP contribution in [0.4, 0.5) is 6.01 Å². The van der Waals surface area contributed by atoms with E-state index in [2.05, 4.69) is 56.7 Å². The van der Waals surface area contributed by atoms with E-state index in [1.54, 1.807) is 6.20 Å². The molecule has 1 aliphatic heterocycles. The smallest absolute Gasteiger partial charge is 0.324 e. The van der Waals surface area contributed by atoms with Gasteiger partial charge in [0.2, 0.25) is 5.88 Å². The molecule has 0 N–H and O–H groups in total. The van der Waals surface area contributed by atoms with E-state index < -0.39 is 0 Å². The number of piperidine rings is 1. The molecule has 0 amide bonds. The molecule has 3 heterocycles. The normalized spacial score (nSPS) is 17.3. The zero-order valence-corrected chi connectivity index (χ0v) is 15.9. The summed E-state index contributed by atoms with van der Waals surface area (Å²) in [6, 6.07) is 4.47. The number of rotatable bonds is 5. The predicted molar refractivity (Wildman–Crippen MR) is 95.4 cm³/mol. The highest BCUT2D eigenvalue weighted by Crippen LogP contribution is 2.27. The van der Waals surface area contributed by atoms with Crippen LogP contribution in [0.25, 0.3) is 0 Å². The van der Waals surface area contributed by atoms with Crippen molar-refractivity contribution in [1.82, 2.24) is 15.1 Å². The second-order valence-corrected chi connectivity index (χ2v) is 7.47. The summed E-state index contributed by atoms with van der Waals surface area (Å²) in [5.74, 6) is 2.22. The van der Waals surface area contributed by atoms with E-state index in [1.807, 2.05) is 12.1 Å². The van der Waals surface area contributed by atoms with Crippen LogP contribution >= 0.6 is 15.9 Å². The molecule has 1 saturated heterocycles. The molecule has 24 heavy (non-hydrogen) atoms. The Hall–Kier alpha value is -1.63. The van der Waals surface area contributed by atoms with Crippen LogP contribution in [0, 0.1) is 5.92 Å². The van der Waals surface area contributed by atoms with E-state index >= 15 is 0 Å². The summed E-state index contributed by atoms with van der Waals surface area (Å²) in [5, 5.41) is 4.04. The third kappa shape index (κ3) is 4.06. The molecule has 1 fully saturated rings. The third-order valence-electron chi connectivity index (χ3n) is 4.43. The Labute approximate surface area is 150 Å². The Bertz CT molecular complexity index is 651. The van der Waals surface area contributed by atoms with Crippen LogP contribution in [-0.4, -0.2) is 34.3 Å². The molecular formula is C17H23BrN4O2. The average Bonchev–Trinajstić information content (AvgIpc) is 3.07. The maximum Gasteiger partial charge on any atom is 0.324 e. The van der Waals surface area contributed by atoms with E-state index in [-0.39, 0.29) is 12.0 Å². The van der Waals surface area contributed by atoms with Crippen molar-refractivity contribution in [1.29, 1.82) is 0 Å². The van der Waals surface area contributed by atoms with Gasteiger partial charge in [0.1, 0.15) is 6.10 Å². The molecule has 2 aromatic rings. The Morgan fingerprint density at radius 1 is 1.25 bits per heavy atom. The largest absolute Gasteiger partial charge is 0.474 e. The Morgan fingerprint density at radius 3 is 2.58 bits per heavy atom. The van der Waals surface area contributed by atoms with E-state index in [1.165, 1.54) is 0 Å². The fourth-order valence-electron chi connectivity index (χ4n) is 2.87. The van der Waals surface area contributed by atoms with Crippen molar-refractivity contribution in [2.45, 2.75) is 45.6 Å². The minimum Gasteiger partial charge on any atom is -0.474 e. The first-order chi connectivity index (χ1) is 11.5. The lowest BCUT2D eigenvalue weighted by atomic mass is 9.92. The Kier molecular flexibility index (Phi) is 5.38. The van der Waals surface area contributed by atoms with E-state index in [9.17, 15) is 0 Å². The van der Waals surface area contributed by atoms with E-state index in [4.69, 9.17) is 9.26 Å². The SMILES string of the molecule is CC(C)c1noc(N2CCC(C(C)Oc3ccc(Br)cn3)CC2)n1. The summed E-state index contributed by atoms with van der Waals surface area (Å²) < 4.78 is 12.3. The lowest BCUT2D eigenvalue weighted by Crippen LogP contribution is -2.39. The first-order valence-corrected chi connectivity index (χ1v) is 9.19. The summed E-state index contributed by atoms with van der Waals surface area (Å²) in [7, 11) is 0. The highest BCUT2D eigenvalue weighted by Gasteiger charge is 2.28. The molecule has 2 aromatic heterocycles. The first kappa shape index (κ1) is 17.2. The van der Waals surface area contributed by atoms with Crippen LogP contribution in [-0.2, 0) is 0 Å². The van der Waals surface area contributed by atoms with Gasteiger partial charge in [-0.2, -0.15) is 4.98 Å². The van der Waals surface area contributed by atoms with Gasteiger partial charge in [-0.25, -0.2) is 4.98 Å². The summed E-state index contributed by atoms with van der Waals surface area (Å²) in [4.78, 5) is 10.9. The zero-order valence-electron chi connectivity index (χ0n) is 14.3. The number of ether oxygens (including phenoxy) is 1. The molecule has 1 unspecified atom stereocenters. The van der Waals surface area contributed by atoms with Gasteiger partial charge in [-0.3, -0.25) is 0 Å². The quantitative estimate of drug-likeness (QED) is 0.762. The van der Waals surface area contributed by atoms with Gasteiger partial charge in [0.05, 0.1) is 0 Å². The molecule has 7 heteroatoms. The molecule has 1 atom stereocenters. The number of anilines is 1. The number of aromatic nitrogens is 3. The van der Waals surface area contributed by atoms with Crippen molar-refractivity contribution in [2.24, 2.45) is 5.92 Å². The molecule has 130 valence electrons. The molecule has 0 aromatic carbocycles. The molecule has 0 saturated carbocycles. The number of nitrogens with zero attached hydrogens (tertiary/aromatic N) is 4. The second kappa shape index (κ2) is 7.51. The monoisotopic (exact) mass is 394 g/mol. The second-order valence-electron chi connectivity index (χ2n) is 6.55. The summed E-state index contributed by atoms with van der Waals surface area (Å²) in [6.07, 6.45) is 3.97. The van der Waals surface area contributed by atoms with Crippen molar-refractivity contribution in [3.63, 3.8) is 0 Å². The fraction of sp³-hybridized carbons (Fsp3) is 0.588. The summed E-state index contributed by atoms with van der Waals surface area (Å²) in [5.41, 5.74) is 0. The molecular weight excluding hydrogens is 372 g/mol. The summed E-state index contributed by atoms with van der Waals surface area (Å²) >= 11 is 3.38. The van der Waals surface area contributed by atoms with Gasteiger partial charge >= 0.3 is 6.01 Å². The van der Waals surface area contributed by atoms with Crippen molar-refractivity contribution in [3.8, 4) is 5.88 Å². The van der Waals surface area contributed by atoms with Crippen LogP contribution in [0.2, 0.25) is 0 Å². The Morgan fingerprint density at radius 2 is 2.00 bits per heavy atom. The van der Waals surface area contributed by atoms with E-state index in [0.717, 1.165) is 36.2 Å². The predicted octanol–water partition coefficient (Wildman–Crippen LogP) is 4.03. The number of halogens is 1. The molecule has 0 aliphatic carbocycles. The van der Waals surface area contributed by atoms with Gasteiger partial charge in [0, 0.05) is 35.7 Å². The van der Waals surface area contributed by atoms with Gasteiger partial charge in [-0.05, 0) is 47.7 Å². The Balaban J connectivity index is 1.53. The van der Waals surface area contributed by atoms with E-state index in [0.29, 0.717) is 17.8 Å². The average molecular weight is 395 g/mol. The molecule has 0 radical (unpaired) electrons. The van der Waals surface area contributed by atoms with Crippen LogP contribution in [0.15, 0.2) is 27.3 Å². The zero-order chi connectivity index (χ0) is 17.1. The van der Waals surface area contributed by atoms with Crippen LogP contribution in [0.3, 0.4) is 0 Å². The molecule has 1 aliphatic rings. The standard InChI is InChI=1S/C17H23BrN4O2/c1-11(2)16-20-17(24-21-16)22-8-6-13(7-9-22)12(3)23-15-5-4-14(18)10-19-15/h4-5,10-13H,6-9H2,1-3H3. The number of hydrogen-bond acceptors (Lipinski definition) is 6. The highest BCUT2D eigenvalue weighted by atomic mass is 79.9. The molecule has 6 nitrogen and oxygen atoms in total. The van der Waals surface area contributed by atoms with Crippen molar-refractivity contribution < 1.29 is 9.26 Å². The van der Waals surface area contributed by atoms with Gasteiger partial charge in [0.25, 0.3) is 0 Å². The van der Waals surface area contributed by atoms with Gasteiger partial charge in [-0.15, -0.1) is 0 Å². The van der Waals surface area contributed by atoms with Crippen LogP contribution in [0.5, 0.6) is 5.88 Å². The molecule has 0 spiro atoms.